The van der Waals surface area contributed by atoms with Crippen LogP contribution in [0, 0.1) is 6.92 Å². The van der Waals surface area contributed by atoms with E-state index in [9.17, 15) is 14.4 Å². The number of amides is 1. The minimum atomic E-state index is -0.604. The molecule has 0 atom stereocenters. The van der Waals surface area contributed by atoms with Crippen LogP contribution >= 0.6 is 0 Å². The number of rotatable bonds is 6. The van der Waals surface area contributed by atoms with E-state index in [4.69, 9.17) is 4.74 Å². The second-order valence-corrected chi connectivity index (χ2v) is 7.93. The number of nitrogens with one attached hydrogen (secondary N) is 1. The number of nitrogens with zero attached hydrogens (tertiary/aromatic N) is 3. The molecular weight excluding hydrogens is 396 g/mol. The molecule has 1 aliphatic carbocycles. The van der Waals surface area contributed by atoms with Crippen molar-refractivity contribution in [3.8, 4) is 0 Å². The fraction of sp³-hybridized carbons (Fsp3) is 0.391. The summed E-state index contributed by atoms with van der Waals surface area (Å²) in [5, 5.41) is 7.22. The van der Waals surface area contributed by atoms with Crippen LogP contribution in [0.3, 0.4) is 0 Å². The van der Waals surface area contributed by atoms with Gasteiger partial charge in [0.2, 0.25) is 0 Å². The minimum Gasteiger partial charge on any atom is -0.461 e. The van der Waals surface area contributed by atoms with Crippen molar-refractivity contribution < 1.29 is 14.3 Å². The highest BCUT2D eigenvalue weighted by Gasteiger charge is 2.23. The van der Waals surface area contributed by atoms with Gasteiger partial charge in [-0.3, -0.25) is 14.2 Å². The lowest BCUT2D eigenvalue weighted by molar-refractivity contribution is 0.0519. The van der Waals surface area contributed by atoms with E-state index >= 15 is 0 Å². The number of hydrogen-bond donors (Lipinski definition) is 1. The van der Waals surface area contributed by atoms with Crippen LogP contribution in [0.2, 0.25) is 0 Å². The molecule has 0 radical (unpaired) electrons. The van der Waals surface area contributed by atoms with Gasteiger partial charge in [0.25, 0.3) is 11.5 Å². The van der Waals surface area contributed by atoms with Crippen LogP contribution in [0.5, 0.6) is 0 Å². The summed E-state index contributed by atoms with van der Waals surface area (Å²) < 4.78 is 7.75. The van der Waals surface area contributed by atoms with Gasteiger partial charge in [0.15, 0.2) is 5.69 Å². The van der Waals surface area contributed by atoms with Crippen LogP contribution in [-0.2, 0) is 11.3 Å². The van der Waals surface area contributed by atoms with Crippen molar-refractivity contribution in [3.05, 3.63) is 69.4 Å². The standard InChI is InChI=1S/C23H26N4O4/c1-3-31-23(30)18-12-19-22(29)26(13-16-8-6-7-15(2)11-16)20(14-27(19)25-18)21(28)24-17-9-4-5-10-17/h6-8,11-12,14,17H,3-5,9-10,13H2,1-2H3,(H,24,28). The lowest BCUT2D eigenvalue weighted by Crippen LogP contribution is -2.38. The highest BCUT2D eigenvalue weighted by Crippen LogP contribution is 2.18. The highest BCUT2D eigenvalue weighted by molar-refractivity contribution is 5.93. The van der Waals surface area contributed by atoms with E-state index < -0.39 is 5.97 Å². The largest absolute Gasteiger partial charge is 0.461 e. The molecule has 4 rings (SSSR count). The zero-order chi connectivity index (χ0) is 22.0. The third kappa shape index (κ3) is 4.38. The first-order valence-corrected chi connectivity index (χ1v) is 10.6. The molecule has 0 unspecified atom stereocenters. The van der Waals surface area contributed by atoms with E-state index in [1.54, 1.807) is 6.92 Å². The molecule has 1 fully saturated rings. The first-order valence-electron chi connectivity index (χ1n) is 10.6. The average molecular weight is 422 g/mol. The zero-order valence-electron chi connectivity index (χ0n) is 17.8. The van der Waals surface area contributed by atoms with E-state index in [-0.39, 0.29) is 47.6 Å². The predicted octanol–water partition coefficient (Wildman–Crippen LogP) is 2.70. The van der Waals surface area contributed by atoms with Crippen LogP contribution in [0.1, 0.15) is 64.7 Å². The Kier molecular flexibility index (Phi) is 5.88. The summed E-state index contributed by atoms with van der Waals surface area (Å²) in [5.74, 6) is -0.917. The van der Waals surface area contributed by atoms with Crippen molar-refractivity contribution in [2.24, 2.45) is 0 Å². The quantitative estimate of drug-likeness (QED) is 0.617. The molecule has 1 aliphatic rings. The molecule has 1 N–H and O–H groups in total. The predicted molar refractivity (Wildman–Crippen MR) is 115 cm³/mol. The number of benzene rings is 1. The van der Waals surface area contributed by atoms with Gasteiger partial charge in [-0.05, 0) is 32.3 Å². The maximum absolute atomic E-state index is 13.3. The number of esters is 1. The molecule has 31 heavy (non-hydrogen) atoms. The fourth-order valence-electron chi connectivity index (χ4n) is 4.05. The topological polar surface area (TPSA) is 94.7 Å². The van der Waals surface area contributed by atoms with Gasteiger partial charge in [-0.1, -0.05) is 42.7 Å². The Labute approximate surface area is 179 Å². The highest BCUT2D eigenvalue weighted by atomic mass is 16.5. The molecule has 3 aromatic rings. The summed E-state index contributed by atoms with van der Waals surface area (Å²) in [6.45, 7) is 4.13. The summed E-state index contributed by atoms with van der Waals surface area (Å²) in [7, 11) is 0. The monoisotopic (exact) mass is 422 g/mol. The number of ether oxygens (including phenoxy) is 1. The van der Waals surface area contributed by atoms with E-state index in [0.717, 1.165) is 36.8 Å². The summed E-state index contributed by atoms with van der Waals surface area (Å²) in [5.41, 5.74) is 2.06. The fourth-order valence-corrected chi connectivity index (χ4v) is 4.05. The Morgan fingerprint density at radius 3 is 2.71 bits per heavy atom. The summed E-state index contributed by atoms with van der Waals surface area (Å²) in [4.78, 5) is 38.6. The average Bonchev–Trinajstić information content (AvgIpc) is 3.40. The Morgan fingerprint density at radius 1 is 1.23 bits per heavy atom. The van der Waals surface area contributed by atoms with Gasteiger partial charge in [0.1, 0.15) is 11.2 Å². The van der Waals surface area contributed by atoms with Crippen molar-refractivity contribution >= 4 is 17.4 Å². The Morgan fingerprint density at radius 2 is 2.00 bits per heavy atom. The molecule has 1 saturated carbocycles. The second kappa shape index (κ2) is 8.75. The molecule has 8 nitrogen and oxygen atoms in total. The van der Waals surface area contributed by atoms with Gasteiger partial charge in [-0.2, -0.15) is 5.10 Å². The maximum Gasteiger partial charge on any atom is 0.358 e. The van der Waals surface area contributed by atoms with E-state index in [1.807, 2.05) is 31.2 Å². The molecule has 0 saturated heterocycles. The minimum absolute atomic E-state index is 0.0365. The first kappa shape index (κ1) is 20.8. The van der Waals surface area contributed by atoms with Crippen LogP contribution in [0.25, 0.3) is 5.52 Å². The Balaban J connectivity index is 1.80. The van der Waals surface area contributed by atoms with Gasteiger partial charge in [0, 0.05) is 12.1 Å². The van der Waals surface area contributed by atoms with E-state index in [0.29, 0.717) is 0 Å². The third-order valence-electron chi connectivity index (χ3n) is 5.57. The zero-order valence-corrected chi connectivity index (χ0v) is 17.8. The van der Waals surface area contributed by atoms with Crippen molar-refractivity contribution in [1.82, 2.24) is 19.5 Å². The van der Waals surface area contributed by atoms with Crippen molar-refractivity contribution in [2.45, 2.75) is 52.1 Å². The van der Waals surface area contributed by atoms with Gasteiger partial charge in [-0.25, -0.2) is 9.31 Å². The van der Waals surface area contributed by atoms with Gasteiger partial charge < -0.3 is 10.1 Å². The summed E-state index contributed by atoms with van der Waals surface area (Å²) in [6.07, 6.45) is 5.56. The van der Waals surface area contributed by atoms with E-state index in [2.05, 4.69) is 10.4 Å². The number of fused-ring (bicyclic) bond motifs is 1. The van der Waals surface area contributed by atoms with Crippen molar-refractivity contribution in [1.29, 1.82) is 0 Å². The smallest absolute Gasteiger partial charge is 0.358 e. The maximum atomic E-state index is 13.3. The number of hydrogen-bond acceptors (Lipinski definition) is 5. The molecule has 1 aromatic carbocycles. The molecule has 0 bridgehead atoms. The van der Waals surface area contributed by atoms with Gasteiger partial charge in [0.05, 0.1) is 19.3 Å². The molecule has 1 amide bonds. The second-order valence-electron chi connectivity index (χ2n) is 7.93. The summed E-state index contributed by atoms with van der Waals surface area (Å²) >= 11 is 0. The molecule has 2 aromatic heterocycles. The van der Waals surface area contributed by atoms with Crippen LogP contribution in [0.15, 0.2) is 41.3 Å². The number of aromatic nitrogens is 3. The molecule has 0 aliphatic heterocycles. The lowest BCUT2D eigenvalue weighted by Gasteiger charge is -2.16. The molecule has 2 heterocycles. The normalized spacial score (nSPS) is 14.1. The molecule has 162 valence electrons. The number of carbonyl (C=O) groups is 2. The lowest BCUT2D eigenvalue weighted by atomic mass is 10.1. The first-order chi connectivity index (χ1) is 15.0. The Bertz CT molecular complexity index is 1190. The molecule has 8 heteroatoms. The number of carbonyl (C=O) groups excluding carboxylic acids is 2. The van der Waals surface area contributed by atoms with Crippen LogP contribution < -0.4 is 10.9 Å². The third-order valence-corrected chi connectivity index (χ3v) is 5.57. The van der Waals surface area contributed by atoms with Crippen molar-refractivity contribution in [2.75, 3.05) is 6.61 Å². The molecular formula is C23H26N4O4. The number of aryl methyl sites for hydroxylation is 1. The van der Waals surface area contributed by atoms with Crippen molar-refractivity contribution in [3.63, 3.8) is 0 Å². The van der Waals surface area contributed by atoms with Gasteiger partial charge >= 0.3 is 5.97 Å². The van der Waals surface area contributed by atoms with Crippen LogP contribution in [0.4, 0.5) is 0 Å². The molecule has 0 spiro atoms. The van der Waals surface area contributed by atoms with Gasteiger partial charge in [-0.15, -0.1) is 0 Å². The van der Waals surface area contributed by atoms with E-state index in [1.165, 1.54) is 21.3 Å². The Hall–Kier alpha value is -3.42. The summed E-state index contributed by atoms with van der Waals surface area (Å²) in [6, 6.07) is 9.32. The SMILES string of the molecule is CCOC(=O)c1cc2c(=O)n(Cc3cccc(C)c3)c(C(=O)NC3CCCC3)cn2n1. The van der Waals surface area contributed by atoms with Crippen LogP contribution in [-0.4, -0.2) is 38.7 Å².